The van der Waals surface area contributed by atoms with Crippen LogP contribution in [0.5, 0.6) is 0 Å². The van der Waals surface area contributed by atoms with E-state index in [-0.39, 0.29) is 18.2 Å². The van der Waals surface area contributed by atoms with Crippen LogP contribution < -0.4 is 5.32 Å². The number of piperidine rings is 2. The molecular weight excluding hydrogens is 356 g/mol. The molecule has 1 N–H and O–H groups in total. The number of urea groups is 1. The third-order valence-electron chi connectivity index (χ3n) is 7.10. The van der Waals surface area contributed by atoms with E-state index in [1.807, 2.05) is 18.7 Å². The molecule has 28 heavy (non-hydrogen) atoms. The first-order valence-corrected chi connectivity index (χ1v) is 11.3. The summed E-state index contributed by atoms with van der Waals surface area (Å²) in [6.07, 6.45) is 8.77. The first kappa shape index (κ1) is 19.8. The van der Waals surface area contributed by atoms with Gasteiger partial charge in [0.05, 0.1) is 18.2 Å². The zero-order chi connectivity index (χ0) is 19.7. The predicted octanol–water partition coefficient (Wildman–Crippen LogP) is 2.80. The second kappa shape index (κ2) is 8.47. The third-order valence-corrected chi connectivity index (χ3v) is 7.10. The number of carbonyl (C=O) groups is 2. The molecule has 1 saturated carbocycles. The first-order valence-electron chi connectivity index (χ1n) is 11.3. The number of nitrogens with one attached hydrogen (secondary N) is 1. The van der Waals surface area contributed by atoms with Gasteiger partial charge in [-0.05, 0) is 52.4 Å². The molecule has 2 atom stereocenters. The molecule has 0 unspecified atom stereocenters. The van der Waals surface area contributed by atoms with Crippen molar-refractivity contribution in [1.29, 1.82) is 0 Å². The van der Waals surface area contributed by atoms with Gasteiger partial charge in [-0.25, -0.2) is 9.59 Å². The maximum absolute atomic E-state index is 12.6. The summed E-state index contributed by atoms with van der Waals surface area (Å²) in [5, 5.41) is 3.23. The van der Waals surface area contributed by atoms with Crippen LogP contribution in [0.1, 0.15) is 65.2 Å². The minimum atomic E-state index is -0.172. The van der Waals surface area contributed by atoms with Gasteiger partial charge < -0.3 is 24.8 Å². The summed E-state index contributed by atoms with van der Waals surface area (Å²) in [5.41, 5.74) is 0. The molecule has 3 saturated heterocycles. The molecule has 0 spiro atoms. The van der Waals surface area contributed by atoms with Crippen molar-refractivity contribution in [2.24, 2.45) is 0 Å². The lowest BCUT2D eigenvalue weighted by molar-refractivity contribution is 0.0400. The molecule has 0 radical (unpaired) electrons. The van der Waals surface area contributed by atoms with Crippen molar-refractivity contribution >= 4 is 12.1 Å². The second-order valence-corrected chi connectivity index (χ2v) is 9.23. The van der Waals surface area contributed by atoms with Crippen LogP contribution in [0, 0.1) is 0 Å². The van der Waals surface area contributed by atoms with Crippen molar-refractivity contribution < 1.29 is 14.3 Å². The number of nitrogens with zero attached hydrogens (tertiary/aromatic N) is 3. The van der Waals surface area contributed by atoms with Gasteiger partial charge >= 0.3 is 12.1 Å². The fourth-order valence-corrected chi connectivity index (χ4v) is 5.65. The van der Waals surface area contributed by atoms with E-state index in [1.54, 1.807) is 0 Å². The highest BCUT2D eigenvalue weighted by atomic mass is 16.6. The number of hydrogen-bond donors (Lipinski definition) is 1. The molecule has 0 aromatic heterocycles. The van der Waals surface area contributed by atoms with Crippen molar-refractivity contribution in [3.8, 4) is 0 Å². The Kier molecular flexibility index (Phi) is 5.99. The molecule has 7 nitrogen and oxygen atoms in total. The number of carbonyl (C=O) groups excluding carboxylic acids is 2. The summed E-state index contributed by atoms with van der Waals surface area (Å²) in [6.45, 7) is 7.48. The average molecular weight is 393 g/mol. The summed E-state index contributed by atoms with van der Waals surface area (Å²) in [7, 11) is 0. The monoisotopic (exact) mass is 392 g/mol. The van der Waals surface area contributed by atoms with Gasteiger partial charge in [-0.1, -0.05) is 12.8 Å². The van der Waals surface area contributed by atoms with Gasteiger partial charge in [0.15, 0.2) is 0 Å². The lowest BCUT2D eigenvalue weighted by atomic mass is 9.89. The molecule has 7 heteroatoms. The molecule has 0 aromatic rings. The highest BCUT2D eigenvalue weighted by Gasteiger charge is 2.44. The van der Waals surface area contributed by atoms with Crippen LogP contribution in [0.3, 0.4) is 0 Å². The van der Waals surface area contributed by atoms with E-state index in [1.165, 1.54) is 12.8 Å². The van der Waals surface area contributed by atoms with E-state index >= 15 is 0 Å². The van der Waals surface area contributed by atoms with E-state index < -0.39 is 0 Å². The SMILES string of the molecule is CC(C)OC(=O)N1CCC(N2CCC(N3C(=O)N[C@@H]4CCCC[C@@H]43)CC2)CC1. The van der Waals surface area contributed by atoms with Gasteiger partial charge in [0.1, 0.15) is 0 Å². The molecule has 158 valence electrons. The number of fused-ring (bicyclic) bond motifs is 1. The van der Waals surface area contributed by atoms with E-state index in [9.17, 15) is 9.59 Å². The van der Waals surface area contributed by atoms with Crippen LogP contribution in [0.15, 0.2) is 0 Å². The number of likely N-dealkylation sites (tertiary alicyclic amines) is 2. The fraction of sp³-hybridized carbons (Fsp3) is 0.905. The fourth-order valence-electron chi connectivity index (χ4n) is 5.65. The standard InChI is InChI=1S/C21H36N4O3/c1-15(2)28-21(27)24-13-7-16(8-14-24)23-11-9-17(10-12-23)25-19-6-4-3-5-18(19)22-20(25)26/h15-19H,3-14H2,1-2H3,(H,22,26)/t18-,19+/m1/s1. The summed E-state index contributed by atoms with van der Waals surface area (Å²) in [5.74, 6) is 0. The van der Waals surface area contributed by atoms with E-state index in [2.05, 4.69) is 15.1 Å². The number of ether oxygens (including phenoxy) is 1. The average Bonchev–Trinajstić information content (AvgIpc) is 3.03. The van der Waals surface area contributed by atoms with Gasteiger partial charge in [0, 0.05) is 38.3 Å². The summed E-state index contributed by atoms with van der Waals surface area (Å²) >= 11 is 0. The smallest absolute Gasteiger partial charge is 0.410 e. The Morgan fingerprint density at radius 1 is 0.964 bits per heavy atom. The van der Waals surface area contributed by atoms with Gasteiger partial charge in [0.2, 0.25) is 0 Å². The summed E-state index contributed by atoms with van der Waals surface area (Å²) in [4.78, 5) is 31.3. The molecule has 0 aromatic carbocycles. The summed E-state index contributed by atoms with van der Waals surface area (Å²) in [6, 6.07) is 1.93. The van der Waals surface area contributed by atoms with Gasteiger partial charge in [0.25, 0.3) is 0 Å². The largest absolute Gasteiger partial charge is 0.447 e. The van der Waals surface area contributed by atoms with Crippen LogP contribution in [-0.4, -0.2) is 83.3 Å². The zero-order valence-electron chi connectivity index (χ0n) is 17.4. The molecule has 3 amide bonds. The molecule has 4 rings (SSSR count). The zero-order valence-corrected chi connectivity index (χ0v) is 17.4. The van der Waals surface area contributed by atoms with Gasteiger partial charge in [-0.3, -0.25) is 0 Å². The van der Waals surface area contributed by atoms with Crippen LogP contribution in [0.2, 0.25) is 0 Å². The van der Waals surface area contributed by atoms with Crippen molar-refractivity contribution in [2.75, 3.05) is 26.2 Å². The summed E-state index contributed by atoms with van der Waals surface area (Å²) < 4.78 is 5.32. The first-order chi connectivity index (χ1) is 13.5. The molecule has 1 aliphatic carbocycles. The lowest BCUT2D eigenvalue weighted by Crippen LogP contribution is -2.53. The van der Waals surface area contributed by atoms with Crippen molar-refractivity contribution in [3.05, 3.63) is 0 Å². The molecule has 3 heterocycles. The Morgan fingerprint density at radius 3 is 2.29 bits per heavy atom. The Bertz CT molecular complexity index is 568. The lowest BCUT2D eigenvalue weighted by Gasteiger charge is -2.44. The maximum Gasteiger partial charge on any atom is 0.410 e. The number of rotatable bonds is 3. The van der Waals surface area contributed by atoms with Crippen LogP contribution in [-0.2, 0) is 4.74 Å². The van der Waals surface area contributed by atoms with Crippen molar-refractivity contribution in [3.63, 3.8) is 0 Å². The molecule has 0 bridgehead atoms. The van der Waals surface area contributed by atoms with Gasteiger partial charge in [-0.15, -0.1) is 0 Å². The van der Waals surface area contributed by atoms with E-state index in [0.29, 0.717) is 24.2 Å². The molecule has 3 aliphatic heterocycles. The predicted molar refractivity (Wildman–Crippen MR) is 107 cm³/mol. The minimum absolute atomic E-state index is 0.0594. The van der Waals surface area contributed by atoms with Crippen molar-refractivity contribution in [2.45, 2.75) is 95.5 Å². The van der Waals surface area contributed by atoms with Crippen LogP contribution >= 0.6 is 0 Å². The van der Waals surface area contributed by atoms with E-state index in [4.69, 9.17) is 4.74 Å². The molecule has 4 aliphatic rings. The van der Waals surface area contributed by atoms with Crippen LogP contribution in [0.25, 0.3) is 0 Å². The molecular formula is C21H36N4O3. The Labute approximate surface area is 168 Å². The Hall–Kier alpha value is -1.50. The maximum atomic E-state index is 12.6. The van der Waals surface area contributed by atoms with E-state index in [0.717, 1.165) is 64.7 Å². The minimum Gasteiger partial charge on any atom is -0.447 e. The highest BCUT2D eigenvalue weighted by Crippen LogP contribution is 2.33. The third kappa shape index (κ3) is 4.09. The van der Waals surface area contributed by atoms with Gasteiger partial charge in [-0.2, -0.15) is 0 Å². The molecule has 4 fully saturated rings. The second-order valence-electron chi connectivity index (χ2n) is 9.23. The topological polar surface area (TPSA) is 65.1 Å². The number of amides is 3. The Morgan fingerprint density at radius 2 is 1.61 bits per heavy atom. The normalized spacial score (nSPS) is 30.5. The number of hydrogen-bond acceptors (Lipinski definition) is 4. The quantitative estimate of drug-likeness (QED) is 0.802. The Balaban J connectivity index is 1.25. The van der Waals surface area contributed by atoms with Crippen molar-refractivity contribution in [1.82, 2.24) is 20.0 Å². The highest BCUT2D eigenvalue weighted by molar-refractivity contribution is 5.78. The van der Waals surface area contributed by atoms with Crippen LogP contribution in [0.4, 0.5) is 9.59 Å².